The lowest BCUT2D eigenvalue weighted by Gasteiger charge is -2.14. The standard InChI is InChI=1S/C16H18ClNS2/c1-18-14(8-11-3-2-4-13(17)7-11)16-9-12-10-19-6-5-15(12)20-16/h2-4,7,9,14,18H,5-6,8,10H2,1H3. The van der Waals surface area contributed by atoms with Crippen molar-refractivity contribution < 1.29 is 0 Å². The van der Waals surface area contributed by atoms with Gasteiger partial charge in [-0.2, -0.15) is 11.8 Å². The number of benzene rings is 1. The number of thioether (sulfide) groups is 1. The Hall–Kier alpha value is -0.480. The first-order chi connectivity index (χ1) is 9.76. The fraction of sp³-hybridized carbons (Fsp3) is 0.375. The van der Waals surface area contributed by atoms with Crippen LogP contribution in [0.1, 0.15) is 26.9 Å². The van der Waals surface area contributed by atoms with Crippen molar-refractivity contribution in [2.75, 3.05) is 12.8 Å². The minimum atomic E-state index is 0.383. The lowest BCUT2D eigenvalue weighted by atomic mass is 10.0. The van der Waals surface area contributed by atoms with Crippen LogP contribution < -0.4 is 5.32 Å². The summed E-state index contributed by atoms with van der Waals surface area (Å²) in [7, 11) is 2.04. The van der Waals surface area contributed by atoms with Crippen LogP contribution in [-0.4, -0.2) is 12.8 Å². The minimum Gasteiger partial charge on any atom is -0.312 e. The first-order valence-electron chi connectivity index (χ1n) is 6.87. The van der Waals surface area contributed by atoms with E-state index in [1.807, 2.05) is 42.3 Å². The number of aryl methyl sites for hydroxylation is 1. The van der Waals surface area contributed by atoms with E-state index < -0.39 is 0 Å². The number of halogens is 1. The lowest BCUT2D eigenvalue weighted by Crippen LogP contribution is -2.17. The molecule has 2 heterocycles. The summed E-state index contributed by atoms with van der Waals surface area (Å²) in [5, 5.41) is 4.27. The van der Waals surface area contributed by atoms with Crippen molar-refractivity contribution in [3.63, 3.8) is 0 Å². The zero-order valence-electron chi connectivity index (χ0n) is 11.5. The highest BCUT2D eigenvalue weighted by Crippen LogP contribution is 2.35. The van der Waals surface area contributed by atoms with E-state index in [0.29, 0.717) is 6.04 Å². The van der Waals surface area contributed by atoms with Gasteiger partial charge in [0.2, 0.25) is 0 Å². The Morgan fingerprint density at radius 3 is 3.00 bits per heavy atom. The summed E-state index contributed by atoms with van der Waals surface area (Å²) in [5.74, 6) is 2.45. The number of nitrogens with one attached hydrogen (secondary N) is 1. The molecule has 1 nitrogen and oxygen atoms in total. The second-order valence-electron chi connectivity index (χ2n) is 5.08. The van der Waals surface area contributed by atoms with Crippen LogP contribution >= 0.6 is 34.7 Å². The highest BCUT2D eigenvalue weighted by molar-refractivity contribution is 7.98. The summed E-state index contributed by atoms with van der Waals surface area (Å²) in [6.45, 7) is 0. The third-order valence-electron chi connectivity index (χ3n) is 3.67. The third-order valence-corrected chi connectivity index (χ3v) is 6.26. The Kier molecular flexibility index (Phi) is 4.72. The molecule has 0 saturated carbocycles. The van der Waals surface area contributed by atoms with Gasteiger partial charge in [-0.05, 0) is 55.0 Å². The maximum Gasteiger partial charge on any atom is 0.0453 e. The molecule has 3 rings (SSSR count). The minimum absolute atomic E-state index is 0.383. The molecule has 0 fully saturated rings. The second-order valence-corrected chi connectivity index (χ2v) is 7.79. The molecule has 1 aromatic heterocycles. The van der Waals surface area contributed by atoms with Gasteiger partial charge in [-0.1, -0.05) is 23.7 Å². The maximum absolute atomic E-state index is 6.08. The van der Waals surface area contributed by atoms with Crippen molar-refractivity contribution in [3.8, 4) is 0 Å². The molecule has 0 amide bonds. The topological polar surface area (TPSA) is 12.0 Å². The Morgan fingerprint density at radius 1 is 1.35 bits per heavy atom. The van der Waals surface area contributed by atoms with Gasteiger partial charge in [0.25, 0.3) is 0 Å². The Bertz CT molecular complexity index is 570. The number of thiophene rings is 1. The smallest absolute Gasteiger partial charge is 0.0453 e. The van der Waals surface area contributed by atoms with E-state index in [9.17, 15) is 0 Å². The summed E-state index contributed by atoms with van der Waals surface area (Å²) in [4.78, 5) is 3.05. The van der Waals surface area contributed by atoms with Gasteiger partial charge in [0.1, 0.15) is 0 Å². The first kappa shape index (κ1) is 14.5. The number of fused-ring (bicyclic) bond motifs is 1. The Balaban J connectivity index is 1.81. The molecule has 1 N–H and O–H groups in total. The van der Waals surface area contributed by atoms with Gasteiger partial charge in [0.05, 0.1) is 0 Å². The van der Waals surface area contributed by atoms with Gasteiger partial charge < -0.3 is 5.32 Å². The molecule has 0 aliphatic carbocycles. The lowest BCUT2D eigenvalue weighted by molar-refractivity contribution is 0.602. The molecular weight excluding hydrogens is 306 g/mol. The van der Waals surface area contributed by atoms with Crippen LogP contribution in [0.4, 0.5) is 0 Å². The van der Waals surface area contributed by atoms with Gasteiger partial charge in [0, 0.05) is 26.6 Å². The molecule has 1 unspecified atom stereocenters. The molecule has 0 bridgehead atoms. The van der Waals surface area contributed by atoms with Crippen LogP contribution in [0.25, 0.3) is 0 Å². The van der Waals surface area contributed by atoms with Crippen molar-refractivity contribution >= 4 is 34.7 Å². The largest absolute Gasteiger partial charge is 0.312 e. The molecule has 1 atom stereocenters. The van der Waals surface area contributed by atoms with Gasteiger partial charge in [-0.25, -0.2) is 0 Å². The molecule has 1 aromatic carbocycles. The molecule has 2 aromatic rings. The summed E-state index contributed by atoms with van der Waals surface area (Å²) < 4.78 is 0. The van der Waals surface area contributed by atoms with E-state index in [2.05, 4.69) is 23.5 Å². The average molecular weight is 324 g/mol. The van der Waals surface area contributed by atoms with E-state index in [1.54, 1.807) is 10.4 Å². The van der Waals surface area contributed by atoms with Crippen molar-refractivity contribution in [2.45, 2.75) is 24.6 Å². The molecule has 0 saturated heterocycles. The number of likely N-dealkylation sites (N-methyl/N-ethyl adjacent to an activating group) is 1. The summed E-state index contributed by atoms with van der Waals surface area (Å²) in [6, 6.07) is 11.0. The van der Waals surface area contributed by atoms with Crippen LogP contribution in [0.2, 0.25) is 5.02 Å². The fourth-order valence-corrected chi connectivity index (χ4v) is 5.29. The zero-order valence-corrected chi connectivity index (χ0v) is 13.9. The normalized spacial score (nSPS) is 15.9. The predicted octanol–water partition coefficient (Wildman–Crippen LogP) is 4.69. The molecule has 0 radical (unpaired) electrons. The van der Waals surface area contributed by atoms with Crippen LogP contribution in [0.3, 0.4) is 0 Å². The number of hydrogen-bond donors (Lipinski definition) is 1. The molecule has 106 valence electrons. The molecule has 4 heteroatoms. The summed E-state index contributed by atoms with van der Waals surface area (Å²) in [6.07, 6.45) is 2.22. The van der Waals surface area contributed by atoms with Crippen LogP contribution in [-0.2, 0) is 18.6 Å². The maximum atomic E-state index is 6.08. The highest BCUT2D eigenvalue weighted by Gasteiger charge is 2.18. The van der Waals surface area contributed by atoms with E-state index in [0.717, 1.165) is 11.4 Å². The van der Waals surface area contributed by atoms with Crippen molar-refractivity contribution in [1.82, 2.24) is 5.32 Å². The average Bonchev–Trinajstić information content (AvgIpc) is 2.88. The summed E-state index contributed by atoms with van der Waals surface area (Å²) in [5.41, 5.74) is 2.84. The fourth-order valence-electron chi connectivity index (χ4n) is 2.59. The van der Waals surface area contributed by atoms with Crippen LogP contribution in [0, 0.1) is 0 Å². The highest BCUT2D eigenvalue weighted by atomic mass is 35.5. The van der Waals surface area contributed by atoms with Gasteiger partial charge in [0.15, 0.2) is 0 Å². The zero-order chi connectivity index (χ0) is 13.9. The molecular formula is C16H18ClNS2. The van der Waals surface area contributed by atoms with Gasteiger partial charge >= 0.3 is 0 Å². The molecule has 20 heavy (non-hydrogen) atoms. The van der Waals surface area contributed by atoms with Crippen molar-refractivity contribution in [1.29, 1.82) is 0 Å². The van der Waals surface area contributed by atoms with Gasteiger partial charge in [-0.15, -0.1) is 11.3 Å². The van der Waals surface area contributed by atoms with Crippen LogP contribution in [0.5, 0.6) is 0 Å². The number of hydrogen-bond acceptors (Lipinski definition) is 3. The molecule has 0 spiro atoms. The van der Waals surface area contributed by atoms with E-state index in [1.165, 1.54) is 28.4 Å². The molecule has 1 aliphatic heterocycles. The quantitative estimate of drug-likeness (QED) is 0.875. The van der Waals surface area contributed by atoms with Gasteiger partial charge in [-0.3, -0.25) is 0 Å². The monoisotopic (exact) mass is 323 g/mol. The van der Waals surface area contributed by atoms with E-state index in [-0.39, 0.29) is 0 Å². The van der Waals surface area contributed by atoms with Crippen molar-refractivity contribution in [3.05, 3.63) is 56.2 Å². The second kappa shape index (κ2) is 6.52. The van der Waals surface area contributed by atoms with E-state index >= 15 is 0 Å². The van der Waals surface area contributed by atoms with E-state index in [4.69, 9.17) is 11.6 Å². The first-order valence-corrected chi connectivity index (χ1v) is 9.22. The number of rotatable bonds is 4. The summed E-state index contributed by atoms with van der Waals surface area (Å²) >= 11 is 10.1. The molecule has 1 aliphatic rings. The Morgan fingerprint density at radius 2 is 2.25 bits per heavy atom. The Labute approximate surface area is 133 Å². The third kappa shape index (κ3) is 3.22. The van der Waals surface area contributed by atoms with Crippen molar-refractivity contribution in [2.24, 2.45) is 0 Å². The van der Waals surface area contributed by atoms with Crippen LogP contribution in [0.15, 0.2) is 30.3 Å². The SMILES string of the molecule is CNC(Cc1cccc(Cl)c1)c1cc2c(s1)CCSC2. The predicted molar refractivity (Wildman–Crippen MR) is 91.1 cm³/mol.